The van der Waals surface area contributed by atoms with Crippen LogP contribution in [0.2, 0.25) is 0 Å². The quantitative estimate of drug-likeness (QED) is 0.886. The van der Waals surface area contributed by atoms with Crippen molar-refractivity contribution in [3.05, 3.63) is 64.1 Å². The molecule has 0 spiro atoms. The third-order valence-electron chi connectivity index (χ3n) is 3.87. The summed E-state index contributed by atoms with van der Waals surface area (Å²) in [5.41, 5.74) is 1.81. The molecule has 0 saturated carbocycles. The number of nitrogens with zero attached hydrogens (tertiary/aromatic N) is 1. The van der Waals surface area contributed by atoms with E-state index in [9.17, 15) is 9.59 Å². The fourth-order valence-corrected chi connectivity index (χ4v) is 2.90. The summed E-state index contributed by atoms with van der Waals surface area (Å²) < 4.78 is 0.923. The highest BCUT2D eigenvalue weighted by Gasteiger charge is 2.19. The molecule has 0 aromatic heterocycles. The lowest BCUT2D eigenvalue weighted by Gasteiger charge is -2.15. The average Bonchev–Trinajstić information content (AvgIpc) is 3.09. The van der Waals surface area contributed by atoms with Gasteiger partial charge in [-0.1, -0.05) is 22.0 Å². The molecule has 118 valence electrons. The molecule has 0 radical (unpaired) electrons. The van der Waals surface area contributed by atoms with Gasteiger partial charge in [-0.3, -0.25) is 9.59 Å². The van der Waals surface area contributed by atoms with Crippen molar-refractivity contribution in [3.63, 3.8) is 0 Å². The molecule has 1 aliphatic heterocycles. The van der Waals surface area contributed by atoms with Gasteiger partial charge < -0.3 is 10.2 Å². The van der Waals surface area contributed by atoms with Crippen LogP contribution in [0.25, 0.3) is 0 Å². The van der Waals surface area contributed by atoms with E-state index in [-0.39, 0.29) is 11.8 Å². The number of amides is 2. The van der Waals surface area contributed by atoms with Crippen molar-refractivity contribution in [1.29, 1.82) is 0 Å². The molecule has 2 aromatic rings. The van der Waals surface area contributed by atoms with E-state index in [4.69, 9.17) is 0 Å². The van der Waals surface area contributed by atoms with Gasteiger partial charge >= 0.3 is 0 Å². The second-order valence-electron chi connectivity index (χ2n) is 5.54. The molecular weight excluding hydrogens is 356 g/mol. The Kier molecular flexibility index (Phi) is 4.76. The third-order valence-corrected chi connectivity index (χ3v) is 4.40. The van der Waals surface area contributed by atoms with E-state index >= 15 is 0 Å². The smallest absolute Gasteiger partial charge is 0.255 e. The summed E-state index contributed by atoms with van der Waals surface area (Å²) in [7, 11) is 0. The van der Waals surface area contributed by atoms with Gasteiger partial charge in [-0.05, 0) is 55.3 Å². The maximum absolute atomic E-state index is 12.4. The highest BCUT2D eigenvalue weighted by atomic mass is 79.9. The Morgan fingerprint density at radius 1 is 0.957 bits per heavy atom. The molecule has 3 rings (SSSR count). The summed E-state index contributed by atoms with van der Waals surface area (Å²) in [6, 6.07) is 14.2. The lowest BCUT2D eigenvalue weighted by Crippen LogP contribution is -2.27. The molecule has 2 aromatic carbocycles. The number of anilines is 1. The van der Waals surface area contributed by atoms with Crippen molar-refractivity contribution < 1.29 is 9.59 Å². The van der Waals surface area contributed by atoms with Gasteiger partial charge in [-0.15, -0.1) is 0 Å². The summed E-state index contributed by atoms with van der Waals surface area (Å²) in [5, 5.41) is 2.84. The normalized spacial score (nSPS) is 13.9. The van der Waals surface area contributed by atoms with E-state index in [1.807, 2.05) is 17.0 Å². The van der Waals surface area contributed by atoms with Crippen molar-refractivity contribution in [2.24, 2.45) is 0 Å². The van der Waals surface area contributed by atoms with Crippen LogP contribution >= 0.6 is 15.9 Å². The lowest BCUT2D eigenvalue weighted by atomic mass is 10.1. The molecule has 1 fully saturated rings. The van der Waals surface area contributed by atoms with E-state index in [2.05, 4.69) is 21.2 Å². The zero-order chi connectivity index (χ0) is 16.2. The van der Waals surface area contributed by atoms with Crippen LogP contribution in [0.15, 0.2) is 53.0 Å². The van der Waals surface area contributed by atoms with Crippen molar-refractivity contribution >= 4 is 33.4 Å². The first-order valence-corrected chi connectivity index (χ1v) is 8.39. The van der Waals surface area contributed by atoms with E-state index < -0.39 is 0 Å². The van der Waals surface area contributed by atoms with Gasteiger partial charge in [0.25, 0.3) is 11.8 Å². The minimum absolute atomic E-state index is 0.0299. The van der Waals surface area contributed by atoms with Gasteiger partial charge in [-0.25, -0.2) is 0 Å². The van der Waals surface area contributed by atoms with E-state index in [0.29, 0.717) is 16.8 Å². The standard InChI is InChI=1S/C18H17BrN2O2/c19-15-8-6-13(7-9-15)17(22)20-16-5-3-4-14(12-16)18(23)21-10-1-2-11-21/h3-9,12H,1-2,10-11H2,(H,20,22). The predicted molar refractivity (Wildman–Crippen MR) is 93.7 cm³/mol. The molecule has 1 heterocycles. The minimum Gasteiger partial charge on any atom is -0.339 e. The number of nitrogens with one attached hydrogen (secondary N) is 1. The largest absolute Gasteiger partial charge is 0.339 e. The van der Waals surface area contributed by atoms with Gasteiger partial charge in [0.15, 0.2) is 0 Å². The molecule has 23 heavy (non-hydrogen) atoms. The third kappa shape index (κ3) is 3.79. The number of carbonyl (C=O) groups is 2. The summed E-state index contributed by atoms with van der Waals surface area (Å²) >= 11 is 3.35. The molecule has 0 unspecified atom stereocenters. The number of hydrogen-bond donors (Lipinski definition) is 1. The predicted octanol–water partition coefficient (Wildman–Crippen LogP) is 3.94. The molecule has 4 nitrogen and oxygen atoms in total. The Hall–Kier alpha value is -2.14. The van der Waals surface area contributed by atoms with Gasteiger partial charge in [0.2, 0.25) is 0 Å². The van der Waals surface area contributed by atoms with Crippen molar-refractivity contribution in [1.82, 2.24) is 4.90 Å². The maximum atomic E-state index is 12.4. The van der Waals surface area contributed by atoms with Gasteiger partial charge in [0.05, 0.1) is 0 Å². The number of likely N-dealkylation sites (tertiary alicyclic amines) is 1. The molecule has 1 saturated heterocycles. The highest BCUT2D eigenvalue weighted by Crippen LogP contribution is 2.17. The number of carbonyl (C=O) groups excluding carboxylic acids is 2. The molecule has 1 N–H and O–H groups in total. The lowest BCUT2D eigenvalue weighted by molar-refractivity contribution is 0.0792. The zero-order valence-electron chi connectivity index (χ0n) is 12.6. The van der Waals surface area contributed by atoms with Crippen LogP contribution < -0.4 is 5.32 Å². The Morgan fingerprint density at radius 2 is 1.65 bits per heavy atom. The number of hydrogen-bond acceptors (Lipinski definition) is 2. The highest BCUT2D eigenvalue weighted by molar-refractivity contribution is 9.10. The molecule has 0 aliphatic carbocycles. The first kappa shape index (κ1) is 15.7. The second-order valence-corrected chi connectivity index (χ2v) is 6.46. The Labute approximate surface area is 143 Å². The fraction of sp³-hybridized carbons (Fsp3) is 0.222. The number of benzene rings is 2. The van der Waals surface area contributed by atoms with Crippen LogP contribution in [-0.4, -0.2) is 29.8 Å². The summed E-state index contributed by atoms with van der Waals surface area (Å²) in [4.78, 5) is 26.5. The van der Waals surface area contributed by atoms with Gasteiger partial charge in [-0.2, -0.15) is 0 Å². The number of rotatable bonds is 3. The molecular formula is C18H17BrN2O2. The molecule has 1 aliphatic rings. The second kappa shape index (κ2) is 6.96. The molecule has 2 amide bonds. The van der Waals surface area contributed by atoms with Gasteiger partial charge in [0, 0.05) is 34.4 Å². The Bertz CT molecular complexity index is 722. The Morgan fingerprint density at radius 3 is 2.35 bits per heavy atom. The monoisotopic (exact) mass is 372 g/mol. The maximum Gasteiger partial charge on any atom is 0.255 e. The van der Waals surface area contributed by atoms with Crippen LogP contribution in [0.1, 0.15) is 33.6 Å². The van der Waals surface area contributed by atoms with Crippen LogP contribution in [0.4, 0.5) is 5.69 Å². The van der Waals surface area contributed by atoms with Crippen molar-refractivity contribution in [2.75, 3.05) is 18.4 Å². The van der Waals surface area contributed by atoms with Crippen LogP contribution in [0.5, 0.6) is 0 Å². The topological polar surface area (TPSA) is 49.4 Å². The van der Waals surface area contributed by atoms with E-state index in [0.717, 1.165) is 30.4 Å². The molecule has 0 bridgehead atoms. The molecule has 0 atom stereocenters. The zero-order valence-corrected chi connectivity index (χ0v) is 14.2. The SMILES string of the molecule is O=C(Nc1cccc(C(=O)N2CCCC2)c1)c1ccc(Br)cc1. The van der Waals surface area contributed by atoms with Crippen molar-refractivity contribution in [3.8, 4) is 0 Å². The first-order valence-electron chi connectivity index (χ1n) is 7.60. The van der Waals surface area contributed by atoms with E-state index in [1.54, 1.807) is 36.4 Å². The van der Waals surface area contributed by atoms with Crippen LogP contribution in [-0.2, 0) is 0 Å². The molecule has 5 heteroatoms. The fourth-order valence-electron chi connectivity index (χ4n) is 2.64. The summed E-state index contributed by atoms with van der Waals surface area (Å²) in [5.74, 6) is -0.162. The van der Waals surface area contributed by atoms with Crippen LogP contribution in [0, 0.1) is 0 Å². The summed E-state index contributed by atoms with van der Waals surface area (Å²) in [6.07, 6.45) is 2.12. The Balaban J connectivity index is 1.73. The van der Waals surface area contributed by atoms with E-state index in [1.165, 1.54) is 0 Å². The number of halogens is 1. The summed E-state index contributed by atoms with van der Waals surface area (Å²) in [6.45, 7) is 1.63. The first-order chi connectivity index (χ1) is 11.1. The minimum atomic E-state index is -0.191. The van der Waals surface area contributed by atoms with Crippen molar-refractivity contribution in [2.45, 2.75) is 12.8 Å². The van der Waals surface area contributed by atoms with Gasteiger partial charge in [0.1, 0.15) is 0 Å². The average molecular weight is 373 g/mol. The van der Waals surface area contributed by atoms with Crippen LogP contribution in [0.3, 0.4) is 0 Å².